The summed E-state index contributed by atoms with van der Waals surface area (Å²) in [4.78, 5) is 9.06. The second-order valence-corrected chi connectivity index (χ2v) is 3.22. The van der Waals surface area contributed by atoms with Crippen molar-refractivity contribution >= 4 is 12.0 Å². The van der Waals surface area contributed by atoms with Gasteiger partial charge in [0.2, 0.25) is 0 Å². The van der Waals surface area contributed by atoms with Gasteiger partial charge in [0.05, 0.1) is 0 Å². The number of aldehydes is 1. The van der Waals surface area contributed by atoms with E-state index in [1.54, 1.807) is 0 Å². The largest absolute Gasteiger partial charge is 0.399 e. The average Bonchev–Trinajstić information content (AvgIpc) is 2.32. The summed E-state index contributed by atoms with van der Waals surface area (Å²) in [6, 6.07) is 8.06. The first-order valence-corrected chi connectivity index (χ1v) is 5.26. The third kappa shape index (κ3) is 7.56. The molecule has 0 aliphatic heterocycles. The summed E-state index contributed by atoms with van der Waals surface area (Å²) >= 11 is 0. The van der Waals surface area contributed by atoms with Gasteiger partial charge in [-0.2, -0.15) is 0 Å². The molecule has 0 atom stereocenters. The zero-order chi connectivity index (χ0) is 12.2. The van der Waals surface area contributed by atoms with Crippen LogP contribution in [-0.4, -0.2) is 6.29 Å². The van der Waals surface area contributed by atoms with Gasteiger partial charge in [0.15, 0.2) is 0 Å². The molecule has 0 aliphatic carbocycles. The lowest BCUT2D eigenvalue weighted by Gasteiger charge is -1.98. The smallest absolute Gasteiger partial charge is 0.142 e. The quantitative estimate of drug-likeness (QED) is 0.364. The Morgan fingerprint density at radius 3 is 2.31 bits per heavy atom. The maximum absolute atomic E-state index is 9.06. The van der Waals surface area contributed by atoms with Gasteiger partial charge in [0.1, 0.15) is 6.29 Å². The van der Waals surface area contributed by atoms with Gasteiger partial charge in [-0.05, 0) is 43.5 Å². The number of hydrogen-bond donors (Lipinski definition) is 1. The Morgan fingerprint density at radius 1 is 1.31 bits per heavy atom. The van der Waals surface area contributed by atoms with Crippen LogP contribution in [0.15, 0.2) is 49.1 Å². The maximum Gasteiger partial charge on any atom is 0.142 e. The molecule has 0 unspecified atom stereocenters. The van der Waals surface area contributed by atoms with E-state index in [-0.39, 0.29) is 0 Å². The van der Waals surface area contributed by atoms with Gasteiger partial charge in [0, 0.05) is 5.69 Å². The first-order chi connectivity index (χ1) is 7.74. The van der Waals surface area contributed by atoms with Crippen molar-refractivity contribution in [3.63, 3.8) is 0 Å². The summed E-state index contributed by atoms with van der Waals surface area (Å²) in [7, 11) is 0. The highest BCUT2D eigenvalue weighted by Gasteiger charge is 1.89. The van der Waals surface area contributed by atoms with Crippen molar-refractivity contribution in [2.45, 2.75) is 19.8 Å². The van der Waals surface area contributed by atoms with E-state index in [4.69, 9.17) is 10.5 Å². The molecular formula is C14H19NO. The molecule has 0 spiro atoms. The Hall–Kier alpha value is -1.83. The summed E-state index contributed by atoms with van der Waals surface area (Å²) in [5.74, 6) is 0. The highest BCUT2D eigenvalue weighted by Crippen LogP contribution is 2.07. The lowest BCUT2D eigenvalue weighted by molar-refractivity contribution is -0.104. The number of hydrogen-bond acceptors (Lipinski definition) is 2. The van der Waals surface area contributed by atoms with Gasteiger partial charge < -0.3 is 5.73 Å². The minimum absolute atomic E-state index is 0.639. The first kappa shape index (κ1) is 14.2. The Balaban J connectivity index is 0.000000487. The second kappa shape index (κ2) is 9.71. The van der Waals surface area contributed by atoms with E-state index in [1.165, 1.54) is 11.6 Å². The number of allylic oxidation sites excluding steroid dienone is 3. The van der Waals surface area contributed by atoms with Crippen molar-refractivity contribution in [1.29, 1.82) is 0 Å². The Morgan fingerprint density at radius 2 is 1.88 bits per heavy atom. The number of anilines is 1. The van der Waals surface area contributed by atoms with Crippen LogP contribution >= 0.6 is 0 Å². The minimum atomic E-state index is 0.639. The molecule has 2 N–H and O–H groups in total. The Bertz CT molecular complexity index is 319. The molecule has 0 heterocycles. The van der Waals surface area contributed by atoms with Crippen LogP contribution < -0.4 is 5.73 Å². The van der Waals surface area contributed by atoms with Crippen LogP contribution in [-0.2, 0) is 11.2 Å². The zero-order valence-corrected chi connectivity index (χ0v) is 9.73. The van der Waals surface area contributed by atoms with Gasteiger partial charge in [-0.1, -0.05) is 30.9 Å². The molecular weight excluding hydrogens is 198 g/mol. The van der Waals surface area contributed by atoms with E-state index >= 15 is 0 Å². The van der Waals surface area contributed by atoms with E-state index in [2.05, 4.69) is 30.9 Å². The Kier molecular flexibility index (Phi) is 8.60. The summed E-state index contributed by atoms with van der Waals surface area (Å²) in [5.41, 5.74) is 7.75. The number of aryl methyl sites for hydroxylation is 1. The van der Waals surface area contributed by atoms with Crippen molar-refractivity contribution in [3.05, 3.63) is 54.6 Å². The van der Waals surface area contributed by atoms with Crippen molar-refractivity contribution in [2.24, 2.45) is 0 Å². The number of benzene rings is 1. The molecule has 0 aliphatic rings. The molecule has 0 radical (unpaired) electrons. The molecule has 0 bridgehead atoms. The number of rotatable bonds is 4. The van der Waals surface area contributed by atoms with E-state index in [1.807, 2.05) is 19.1 Å². The number of nitrogen functional groups attached to an aromatic ring is 1. The predicted molar refractivity (Wildman–Crippen MR) is 70.3 cm³/mol. The number of nitrogens with two attached hydrogens (primary N) is 1. The molecule has 0 aromatic heterocycles. The van der Waals surface area contributed by atoms with Crippen molar-refractivity contribution in [2.75, 3.05) is 5.73 Å². The van der Waals surface area contributed by atoms with E-state index < -0.39 is 0 Å². The van der Waals surface area contributed by atoms with Gasteiger partial charge in [-0.3, -0.25) is 4.79 Å². The molecule has 1 rings (SSSR count). The van der Waals surface area contributed by atoms with Crippen molar-refractivity contribution < 1.29 is 4.79 Å². The van der Waals surface area contributed by atoms with Gasteiger partial charge in [-0.15, -0.1) is 0 Å². The number of carbonyl (C=O) groups is 1. The lowest BCUT2D eigenvalue weighted by Crippen LogP contribution is -1.86. The van der Waals surface area contributed by atoms with Crippen molar-refractivity contribution in [1.82, 2.24) is 0 Å². The summed E-state index contributed by atoms with van der Waals surface area (Å²) < 4.78 is 0. The summed E-state index contributed by atoms with van der Waals surface area (Å²) in [6.45, 7) is 5.16. The molecule has 0 fully saturated rings. The highest BCUT2D eigenvalue weighted by molar-refractivity contribution is 5.63. The summed E-state index contributed by atoms with van der Waals surface area (Å²) in [5, 5.41) is 0. The van der Waals surface area contributed by atoms with E-state index in [0.717, 1.165) is 18.5 Å². The number of carbonyl (C=O) groups excluding carboxylic acids is 1. The third-order valence-electron chi connectivity index (χ3n) is 1.91. The lowest BCUT2D eigenvalue weighted by atomic mass is 10.1. The molecule has 0 saturated carbocycles. The minimum Gasteiger partial charge on any atom is -0.399 e. The normalized spacial score (nSPS) is 9.31. The fourth-order valence-corrected chi connectivity index (χ4v) is 1.10. The second-order valence-electron chi connectivity index (χ2n) is 3.22. The maximum atomic E-state index is 9.06. The van der Waals surface area contributed by atoms with Crippen LogP contribution in [0.25, 0.3) is 0 Å². The van der Waals surface area contributed by atoms with Gasteiger partial charge >= 0.3 is 0 Å². The standard InChI is InChI=1S/C11H15N.C3H4O/c1-2-3-4-5-10-6-8-11(12)9-7-10;1-2-3-4/h2-3,6-9H,4-5,12H2,1H3;2-3H,1H2/b3-2+;. The van der Waals surface area contributed by atoms with Gasteiger partial charge in [-0.25, -0.2) is 0 Å². The molecule has 2 heteroatoms. The van der Waals surface area contributed by atoms with Crippen LogP contribution in [0.5, 0.6) is 0 Å². The SMILES string of the molecule is C/C=C/CCc1ccc(N)cc1.C=CC=O. The molecule has 0 amide bonds. The van der Waals surface area contributed by atoms with Crippen LogP contribution in [0.4, 0.5) is 5.69 Å². The van der Waals surface area contributed by atoms with E-state index in [9.17, 15) is 0 Å². The molecule has 1 aromatic rings. The van der Waals surface area contributed by atoms with Crippen LogP contribution in [0.3, 0.4) is 0 Å². The van der Waals surface area contributed by atoms with Crippen LogP contribution in [0.2, 0.25) is 0 Å². The van der Waals surface area contributed by atoms with Crippen LogP contribution in [0.1, 0.15) is 18.9 Å². The predicted octanol–water partition coefficient (Wildman–Crippen LogP) is 3.15. The van der Waals surface area contributed by atoms with Gasteiger partial charge in [0.25, 0.3) is 0 Å². The monoisotopic (exact) mass is 217 g/mol. The zero-order valence-electron chi connectivity index (χ0n) is 9.73. The van der Waals surface area contributed by atoms with Crippen LogP contribution in [0, 0.1) is 0 Å². The highest BCUT2D eigenvalue weighted by atomic mass is 16.1. The molecule has 0 saturated heterocycles. The molecule has 86 valence electrons. The van der Waals surface area contributed by atoms with Crippen molar-refractivity contribution in [3.8, 4) is 0 Å². The first-order valence-electron chi connectivity index (χ1n) is 5.26. The topological polar surface area (TPSA) is 43.1 Å². The van der Waals surface area contributed by atoms with E-state index in [0.29, 0.717) is 6.29 Å². The molecule has 1 aromatic carbocycles. The Labute approximate surface area is 97.5 Å². The fraction of sp³-hybridized carbons (Fsp3) is 0.214. The third-order valence-corrected chi connectivity index (χ3v) is 1.91. The fourth-order valence-electron chi connectivity index (χ4n) is 1.10. The molecule has 16 heavy (non-hydrogen) atoms. The molecule has 2 nitrogen and oxygen atoms in total. The average molecular weight is 217 g/mol. The summed E-state index contributed by atoms with van der Waals surface area (Å²) in [6.07, 6.45) is 8.30.